The van der Waals surface area contributed by atoms with Crippen LogP contribution in [-0.2, 0) is 17.6 Å². The molecule has 1 heterocycles. The van der Waals surface area contributed by atoms with Crippen LogP contribution >= 0.6 is 0 Å². The van der Waals surface area contributed by atoms with Crippen LogP contribution in [0.3, 0.4) is 0 Å². The molecule has 0 spiro atoms. The molecule has 1 aromatic rings. The smallest absolute Gasteiger partial charge is 0.342 e. The zero-order chi connectivity index (χ0) is 18.2. The fourth-order valence-corrected chi connectivity index (χ4v) is 3.76. The topological polar surface area (TPSA) is 37.4 Å². The van der Waals surface area contributed by atoms with E-state index in [2.05, 4.69) is 0 Å². The highest BCUT2D eigenvalue weighted by Crippen LogP contribution is 2.55. The van der Waals surface area contributed by atoms with E-state index >= 15 is 0 Å². The van der Waals surface area contributed by atoms with Crippen LogP contribution in [0.2, 0.25) is 0 Å². The Hall–Kier alpha value is -1.85. The first-order valence-corrected chi connectivity index (χ1v) is 8.69. The van der Waals surface area contributed by atoms with Crippen LogP contribution in [0.15, 0.2) is 18.2 Å². The second-order valence-electron chi connectivity index (χ2n) is 7.23. The number of rotatable bonds is 3. The Morgan fingerprint density at radius 2 is 1.76 bits per heavy atom. The summed E-state index contributed by atoms with van der Waals surface area (Å²) in [4.78, 5) is 25.6. The summed E-state index contributed by atoms with van der Waals surface area (Å²) in [7, 11) is 0. The van der Waals surface area contributed by atoms with Gasteiger partial charge in [0.15, 0.2) is 5.78 Å². The summed E-state index contributed by atoms with van der Waals surface area (Å²) in [5.74, 6) is -0.422. The number of benzene rings is 1. The second-order valence-corrected chi connectivity index (χ2v) is 7.23. The quantitative estimate of drug-likeness (QED) is 0.772. The minimum absolute atomic E-state index is 0.0166. The molecule has 0 atom stereocenters. The summed E-state index contributed by atoms with van der Waals surface area (Å²) in [5, 5.41) is 0. The maximum Gasteiger partial charge on any atom is 0.395 e. The Morgan fingerprint density at radius 3 is 2.28 bits per heavy atom. The lowest BCUT2D eigenvalue weighted by molar-refractivity contribution is -0.252. The van der Waals surface area contributed by atoms with Crippen molar-refractivity contribution in [3.8, 4) is 0 Å². The van der Waals surface area contributed by atoms with E-state index in [1.807, 2.05) is 12.1 Å². The van der Waals surface area contributed by atoms with E-state index < -0.39 is 23.9 Å². The van der Waals surface area contributed by atoms with Crippen molar-refractivity contribution in [3.05, 3.63) is 34.9 Å². The van der Waals surface area contributed by atoms with Gasteiger partial charge >= 0.3 is 6.18 Å². The van der Waals surface area contributed by atoms with E-state index in [1.54, 1.807) is 11.0 Å². The predicted molar refractivity (Wildman–Crippen MR) is 87.4 cm³/mol. The molecule has 136 valence electrons. The number of fused-ring (bicyclic) bond motifs is 1. The summed E-state index contributed by atoms with van der Waals surface area (Å²) in [6.07, 6.45) is -2.93. The molecule has 1 aromatic carbocycles. The molecule has 1 aliphatic carbocycles. The first-order valence-electron chi connectivity index (χ1n) is 8.69. The summed E-state index contributed by atoms with van der Waals surface area (Å²) >= 11 is 0. The van der Waals surface area contributed by atoms with Crippen molar-refractivity contribution in [1.29, 1.82) is 0 Å². The van der Waals surface area contributed by atoms with Crippen molar-refractivity contribution < 1.29 is 22.8 Å². The van der Waals surface area contributed by atoms with Crippen LogP contribution in [0, 0.1) is 5.41 Å². The Bertz CT molecular complexity index is 692. The summed E-state index contributed by atoms with van der Waals surface area (Å²) in [6, 6.07) is 5.50. The Balaban J connectivity index is 1.69. The highest BCUT2D eigenvalue weighted by Gasteiger charge is 2.59. The largest absolute Gasteiger partial charge is 0.395 e. The van der Waals surface area contributed by atoms with Gasteiger partial charge in [0.2, 0.25) is 5.91 Å². The van der Waals surface area contributed by atoms with Crippen LogP contribution in [0.25, 0.3) is 0 Å². The number of hydrogen-bond donors (Lipinski definition) is 0. The molecule has 25 heavy (non-hydrogen) atoms. The molecular formula is C19H22F3NO2. The van der Waals surface area contributed by atoms with Crippen molar-refractivity contribution in [2.75, 3.05) is 13.1 Å². The number of nitrogens with zero attached hydrogens (tertiary/aromatic N) is 1. The van der Waals surface area contributed by atoms with Crippen LogP contribution in [-0.4, -0.2) is 35.9 Å². The maximum absolute atomic E-state index is 13.3. The van der Waals surface area contributed by atoms with Crippen LogP contribution in [0.5, 0.6) is 0 Å². The Kier molecular flexibility index (Phi) is 4.64. The third-order valence-electron chi connectivity index (χ3n) is 5.67. The molecule has 0 unspecified atom stereocenters. The molecular weight excluding hydrogens is 331 g/mol. The third-order valence-corrected chi connectivity index (χ3v) is 5.67. The van der Waals surface area contributed by atoms with Gasteiger partial charge in [-0.05, 0) is 49.8 Å². The summed E-state index contributed by atoms with van der Waals surface area (Å²) in [6.45, 7) is 2.34. The zero-order valence-electron chi connectivity index (χ0n) is 14.3. The van der Waals surface area contributed by atoms with E-state index in [-0.39, 0.29) is 18.6 Å². The molecule has 0 radical (unpaired) electrons. The van der Waals surface area contributed by atoms with Crippen molar-refractivity contribution in [2.24, 2.45) is 5.41 Å². The number of carbonyl (C=O) groups excluding carboxylic acids is 2. The molecule has 0 aromatic heterocycles. The molecule has 0 bridgehead atoms. The van der Waals surface area contributed by atoms with E-state index in [0.29, 0.717) is 37.9 Å². The standard InChI is InChI=1S/C19H22F3NO2/c1-13(24)15-4-3-14-5-9-23(10-6-16(14)11-15)17(25)12-18(7-2-8-18)19(20,21)22/h3-4,11H,2,5-10,12H2,1H3. The van der Waals surface area contributed by atoms with Crippen molar-refractivity contribution in [3.63, 3.8) is 0 Å². The number of hydrogen-bond acceptors (Lipinski definition) is 2. The van der Waals surface area contributed by atoms with E-state index in [9.17, 15) is 22.8 Å². The lowest BCUT2D eigenvalue weighted by Crippen LogP contribution is -2.48. The molecule has 3 rings (SSSR count). The predicted octanol–water partition coefficient (Wildman–Crippen LogP) is 3.94. The molecule has 2 aliphatic rings. The van der Waals surface area contributed by atoms with Gasteiger partial charge < -0.3 is 4.90 Å². The molecule has 0 saturated heterocycles. The second kappa shape index (κ2) is 6.46. The van der Waals surface area contributed by atoms with Gasteiger partial charge in [0, 0.05) is 25.1 Å². The zero-order valence-corrected chi connectivity index (χ0v) is 14.3. The van der Waals surface area contributed by atoms with Crippen molar-refractivity contribution >= 4 is 11.7 Å². The molecule has 1 saturated carbocycles. The van der Waals surface area contributed by atoms with Crippen molar-refractivity contribution in [1.82, 2.24) is 4.90 Å². The fraction of sp³-hybridized carbons (Fsp3) is 0.579. The van der Waals surface area contributed by atoms with Gasteiger partial charge in [0.05, 0.1) is 5.41 Å². The van der Waals surface area contributed by atoms with Gasteiger partial charge in [-0.15, -0.1) is 0 Å². The SMILES string of the molecule is CC(=O)c1ccc2c(c1)CCN(C(=O)CC1(C(F)(F)F)CCC1)CC2. The molecule has 6 heteroatoms. The van der Waals surface area contributed by atoms with Crippen LogP contribution in [0.1, 0.15) is 54.1 Å². The van der Waals surface area contributed by atoms with Crippen molar-refractivity contribution in [2.45, 2.75) is 51.6 Å². The van der Waals surface area contributed by atoms with E-state index in [4.69, 9.17) is 0 Å². The normalized spacial score (nSPS) is 19.6. The number of amides is 1. The number of halogens is 3. The fourth-order valence-electron chi connectivity index (χ4n) is 3.76. The lowest BCUT2D eigenvalue weighted by atomic mass is 9.66. The molecule has 1 amide bonds. The summed E-state index contributed by atoms with van der Waals surface area (Å²) < 4.78 is 39.9. The van der Waals surface area contributed by atoms with Gasteiger partial charge in [-0.2, -0.15) is 13.2 Å². The number of carbonyl (C=O) groups is 2. The number of ketones is 1. The van der Waals surface area contributed by atoms with Crippen LogP contribution in [0.4, 0.5) is 13.2 Å². The Labute approximate surface area is 145 Å². The number of alkyl halides is 3. The van der Waals surface area contributed by atoms with Gasteiger partial charge in [0.1, 0.15) is 0 Å². The first kappa shape index (κ1) is 18.0. The minimum atomic E-state index is -4.31. The van der Waals surface area contributed by atoms with Gasteiger partial charge in [0.25, 0.3) is 0 Å². The minimum Gasteiger partial charge on any atom is -0.342 e. The van der Waals surface area contributed by atoms with E-state index in [1.165, 1.54) is 6.92 Å². The maximum atomic E-state index is 13.3. The highest BCUT2D eigenvalue weighted by molar-refractivity contribution is 5.94. The molecule has 1 fully saturated rings. The van der Waals surface area contributed by atoms with Gasteiger partial charge in [-0.3, -0.25) is 9.59 Å². The molecule has 3 nitrogen and oxygen atoms in total. The van der Waals surface area contributed by atoms with Crippen LogP contribution < -0.4 is 0 Å². The molecule has 1 aliphatic heterocycles. The summed E-state index contributed by atoms with van der Waals surface area (Å²) in [5.41, 5.74) is 0.890. The number of Topliss-reactive ketones (excluding diaryl/α,β-unsaturated/α-hetero) is 1. The van der Waals surface area contributed by atoms with Gasteiger partial charge in [-0.25, -0.2) is 0 Å². The monoisotopic (exact) mass is 353 g/mol. The Morgan fingerprint density at radius 1 is 1.12 bits per heavy atom. The highest BCUT2D eigenvalue weighted by atomic mass is 19.4. The lowest BCUT2D eigenvalue weighted by Gasteiger charge is -2.43. The van der Waals surface area contributed by atoms with E-state index in [0.717, 1.165) is 11.1 Å². The average molecular weight is 353 g/mol. The first-order chi connectivity index (χ1) is 11.7. The van der Waals surface area contributed by atoms with Gasteiger partial charge in [-0.1, -0.05) is 18.6 Å². The average Bonchev–Trinajstić information content (AvgIpc) is 2.71. The third kappa shape index (κ3) is 3.44. The molecule has 0 N–H and O–H groups in total.